The summed E-state index contributed by atoms with van der Waals surface area (Å²) in [6.45, 7) is 8.95. The van der Waals surface area contributed by atoms with Crippen molar-refractivity contribution in [2.75, 3.05) is 27.4 Å². The molecular weight excluding hydrogens is 513 g/mol. The van der Waals surface area contributed by atoms with Gasteiger partial charge in [0.2, 0.25) is 0 Å². The van der Waals surface area contributed by atoms with Gasteiger partial charge in [0, 0.05) is 52.8 Å². The van der Waals surface area contributed by atoms with Crippen molar-refractivity contribution < 1.29 is 66.7 Å². The van der Waals surface area contributed by atoms with E-state index in [1.165, 1.54) is 0 Å². The van der Waals surface area contributed by atoms with Gasteiger partial charge in [-0.2, -0.15) is 0 Å². The Morgan fingerprint density at radius 3 is 2.21 bits per heavy atom. The molecule has 0 amide bonds. The first-order valence-electron chi connectivity index (χ1n) is 11.7. The molecule has 0 saturated heterocycles. The van der Waals surface area contributed by atoms with Crippen molar-refractivity contribution >= 4 is 12.3 Å². The van der Waals surface area contributed by atoms with E-state index in [0.717, 1.165) is 12.0 Å². The zero-order valence-corrected chi connectivity index (χ0v) is 24.3. The number of rotatable bonds is 17. The number of hydrogen-bond acceptors (Lipinski definition) is 6. The summed E-state index contributed by atoms with van der Waals surface area (Å²) in [6.07, 6.45) is 2.65. The number of aliphatic carboxylic acids is 1. The first kappa shape index (κ1) is 33.0. The van der Waals surface area contributed by atoms with Crippen molar-refractivity contribution in [1.82, 2.24) is 0 Å². The van der Waals surface area contributed by atoms with Gasteiger partial charge >= 0.3 is 5.97 Å². The number of aliphatic hydroxyl groups is 1. The molecule has 0 fully saturated rings. The average molecular weight is 555 g/mol. The number of methoxy groups -OCH3 is 2. The molecule has 0 aliphatic carbocycles. The van der Waals surface area contributed by atoms with Crippen molar-refractivity contribution in [3.63, 3.8) is 0 Å². The Morgan fingerprint density at radius 2 is 1.71 bits per heavy atom. The third kappa shape index (κ3) is 11.1. The molecule has 0 heterocycles. The van der Waals surface area contributed by atoms with Gasteiger partial charge in [-0.05, 0) is 48.8 Å². The molecule has 0 saturated carbocycles. The molecule has 7 nitrogen and oxygen atoms in total. The third-order valence-electron chi connectivity index (χ3n) is 6.21. The summed E-state index contributed by atoms with van der Waals surface area (Å²) < 4.78 is 16.3. The predicted octanol–water partition coefficient (Wildman–Crippen LogP) is 4.15. The minimum absolute atomic E-state index is 0. The van der Waals surface area contributed by atoms with E-state index in [1.54, 1.807) is 14.2 Å². The van der Waals surface area contributed by atoms with Gasteiger partial charge in [0.25, 0.3) is 0 Å². The molecule has 1 aromatic rings. The first-order valence-corrected chi connectivity index (χ1v) is 11.7. The van der Waals surface area contributed by atoms with E-state index in [2.05, 4.69) is 13.8 Å². The second kappa shape index (κ2) is 17.4. The third-order valence-corrected chi connectivity index (χ3v) is 6.21. The quantitative estimate of drug-likeness (QED) is 0.220. The van der Waals surface area contributed by atoms with Crippen LogP contribution in [-0.2, 0) is 53.5 Å². The molecule has 0 aromatic heterocycles. The largest absolute Gasteiger partial charge is 0.542 e. The fourth-order valence-electron chi connectivity index (χ4n) is 3.87. The number of carbonyl (C=O) groups excluding carboxylic acids is 1. The molecule has 0 spiro atoms. The van der Waals surface area contributed by atoms with Crippen molar-refractivity contribution in [2.24, 2.45) is 29.6 Å². The van der Waals surface area contributed by atoms with Crippen LogP contribution >= 0.6 is 0 Å². The summed E-state index contributed by atoms with van der Waals surface area (Å²) >= 11 is 0. The number of carbonyl (C=O) groups is 1. The van der Waals surface area contributed by atoms with Crippen LogP contribution in [0.4, 0.5) is 0 Å². The normalized spacial score (nSPS) is 14.7. The van der Waals surface area contributed by atoms with Gasteiger partial charge in [0.1, 0.15) is 0 Å². The molecule has 2 N–H and O–H groups in total. The fourth-order valence-corrected chi connectivity index (χ4v) is 3.87. The van der Waals surface area contributed by atoms with Gasteiger partial charge in [-0.1, -0.05) is 39.7 Å². The summed E-state index contributed by atoms with van der Waals surface area (Å²) in [4.78, 5) is 23.2. The SMILES string of the molecule is COCCCOc1cc(C[C@@H](C[C@H](C(=O)O)[C@@H](O)C[C@H]([C-]=O)C(C)C)C(C)C)ccc1OC.[Y]. The Bertz CT molecular complexity index is 723. The monoisotopic (exact) mass is 554 g/mol. The first-order chi connectivity index (χ1) is 15.6. The van der Waals surface area contributed by atoms with Crippen LogP contribution in [-0.4, -0.2) is 56.0 Å². The van der Waals surface area contributed by atoms with E-state index < -0.39 is 23.9 Å². The van der Waals surface area contributed by atoms with Gasteiger partial charge in [0.05, 0.1) is 25.7 Å². The van der Waals surface area contributed by atoms with E-state index in [1.807, 2.05) is 38.3 Å². The molecule has 1 aromatic carbocycles. The summed E-state index contributed by atoms with van der Waals surface area (Å²) in [5.41, 5.74) is 1.01. The molecule has 0 aliphatic heterocycles. The minimum atomic E-state index is -1.10. The number of ether oxygens (including phenoxy) is 3. The van der Waals surface area contributed by atoms with Gasteiger partial charge in [-0.3, -0.25) is 11.1 Å². The average Bonchev–Trinajstić information content (AvgIpc) is 2.77. The van der Waals surface area contributed by atoms with E-state index in [0.29, 0.717) is 37.6 Å². The van der Waals surface area contributed by atoms with Gasteiger partial charge in [-0.25, -0.2) is 0 Å². The molecule has 4 atom stereocenters. The van der Waals surface area contributed by atoms with Gasteiger partial charge < -0.3 is 29.2 Å². The maximum Gasteiger partial charge on any atom is 0.309 e. The van der Waals surface area contributed by atoms with E-state index >= 15 is 0 Å². The maximum absolute atomic E-state index is 12.0. The van der Waals surface area contributed by atoms with Crippen LogP contribution in [0.3, 0.4) is 0 Å². The summed E-state index contributed by atoms with van der Waals surface area (Å²) in [6, 6.07) is 5.75. The fraction of sp³-hybridized carbons (Fsp3) is 0.692. The number of aliphatic hydroxyl groups excluding tert-OH is 1. The number of benzene rings is 1. The Morgan fingerprint density at radius 1 is 1.03 bits per heavy atom. The van der Waals surface area contributed by atoms with Crippen LogP contribution in [0.1, 0.15) is 52.5 Å². The van der Waals surface area contributed by atoms with Gasteiger partial charge in [-0.15, -0.1) is 5.92 Å². The van der Waals surface area contributed by atoms with Crippen molar-refractivity contribution in [2.45, 2.75) is 59.5 Å². The molecule has 0 unspecified atom stereocenters. The second-order valence-electron chi connectivity index (χ2n) is 9.34. The van der Waals surface area contributed by atoms with Crippen LogP contribution in [0, 0.1) is 29.6 Å². The van der Waals surface area contributed by atoms with Crippen molar-refractivity contribution in [3.05, 3.63) is 23.8 Å². The molecule has 34 heavy (non-hydrogen) atoms. The second-order valence-corrected chi connectivity index (χ2v) is 9.34. The van der Waals surface area contributed by atoms with E-state index in [4.69, 9.17) is 14.2 Å². The molecule has 8 heteroatoms. The smallest absolute Gasteiger partial charge is 0.309 e. The predicted molar refractivity (Wildman–Crippen MR) is 127 cm³/mol. The Labute approximate surface area is 229 Å². The van der Waals surface area contributed by atoms with Crippen LogP contribution in [0.5, 0.6) is 11.5 Å². The standard InChI is InChI=1S/C26H41O7.Y/c1-17(2)20(14-22(26(29)30)23(28)15-21(16-27)18(3)4)12-19-8-9-24(32-6)25(13-19)33-11-7-10-31-5;/h8-9,13,17-18,20-23,28H,7,10-12,14-15H2,1-6H3,(H,29,30);/q-1;/t20-,21+,22-,23-;/m0./s1. The minimum Gasteiger partial charge on any atom is -0.542 e. The zero-order chi connectivity index (χ0) is 25.0. The molecule has 1 rings (SSSR count). The zero-order valence-electron chi connectivity index (χ0n) is 21.5. The molecule has 0 aliphatic rings. The Kier molecular flexibility index (Phi) is 16.9. The Balaban J connectivity index is 0.0000109. The van der Waals surface area contributed by atoms with E-state index in [-0.39, 0.29) is 56.9 Å². The summed E-state index contributed by atoms with van der Waals surface area (Å²) in [5.74, 6) is -0.981. The molecule has 191 valence electrons. The number of hydrogen-bond donors (Lipinski definition) is 2. The van der Waals surface area contributed by atoms with E-state index in [9.17, 15) is 19.8 Å². The van der Waals surface area contributed by atoms with Crippen LogP contribution in [0.25, 0.3) is 0 Å². The summed E-state index contributed by atoms with van der Waals surface area (Å²) in [7, 11) is 3.24. The maximum atomic E-state index is 12.0. The molecular formula is C26H41O7Y-. The summed E-state index contributed by atoms with van der Waals surface area (Å²) in [5, 5.41) is 20.5. The van der Waals surface area contributed by atoms with Crippen molar-refractivity contribution in [3.8, 4) is 11.5 Å². The number of carboxylic acid groups (broad SMARTS) is 1. The van der Waals surface area contributed by atoms with Crippen molar-refractivity contribution in [1.29, 1.82) is 0 Å². The van der Waals surface area contributed by atoms with Crippen LogP contribution in [0.15, 0.2) is 18.2 Å². The Hall–Kier alpha value is -1.02. The molecule has 0 bridgehead atoms. The van der Waals surface area contributed by atoms with Crippen LogP contribution in [0.2, 0.25) is 0 Å². The number of carboxylic acids is 1. The molecule has 1 radical (unpaired) electrons. The topological polar surface area (TPSA) is 102 Å². The van der Waals surface area contributed by atoms with Crippen LogP contribution < -0.4 is 9.47 Å². The van der Waals surface area contributed by atoms with Gasteiger partial charge in [0.15, 0.2) is 11.5 Å².